The van der Waals surface area contributed by atoms with Gasteiger partial charge in [0.2, 0.25) is 0 Å². The van der Waals surface area contributed by atoms with Crippen LogP contribution in [0.15, 0.2) is 59.5 Å². The van der Waals surface area contributed by atoms with Crippen LogP contribution in [0.3, 0.4) is 0 Å². The molecule has 0 amide bonds. The van der Waals surface area contributed by atoms with E-state index in [0.717, 1.165) is 5.56 Å². The fourth-order valence-corrected chi connectivity index (χ4v) is 3.34. The van der Waals surface area contributed by atoms with Crippen molar-refractivity contribution in [2.24, 2.45) is 5.73 Å². The molecule has 3 nitrogen and oxygen atoms in total. The molecule has 6 heteroatoms. The number of ketones is 2. The van der Waals surface area contributed by atoms with Crippen molar-refractivity contribution in [2.45, 2.75) is 12.3 Å². The van der Waals surface area contributed by atoms with E-state index in [1.54, 1.807) is 6.07 Å². The van der Waals surface area contributed by atoms with E-state index in [9.17, 15) is 9.59 Å². The third-order valence-electron chi connectivity index (χ3n) is 3.26. The summed E-state index contributed by atoms with van der Waals surface area (Å²) < 4.78 is 0. The van der Waals surface area contributed by atoms with E-state index in [1.165, 1.54) is 36.2 Å². The Morgan fingerprint density at radius 1 is 1.12 bits per heavy atom. The SMILES string of the molecule is CC(=O)C(=CSC(N)c1ccccc1)C(=O)c1ccc(Cl)cc1Cl. The van der Waals surface area contributed by atoms with Crippen molar-refractivity contribution in [1.82, 2.24) is 0 Å². The van der Waals surface area contributed by atoms with Gasteiger partial charge in [-0.25, -0.2) is 0 Å². The van der Waals surface area contributed by atoms with Crippen LogP contribution in [-0.2, 0) is 4.79 Å². The summed E-state index contributed by atoms with van der Waals surface area (Å²) in [6, 6.07) is 14.0. The molecule has 0 spiro atoms. The largest absolute Gasteiger partial charge is 0.315 e. The van der Waals surface area contributed by atoms with Crippen molar-refractivity contribution in [3.63, 3.8) is 0 Å². The molecule has 2 rings (SSSR count). The third-order valence-corrected chi connectivity index (χ3v) is 4.75. The summed E-state index contributed by atoms with van der Waals surface area (Å²) in [6.45, 7) is 1.34. The van der Waals surface area contributed by atoms with Gasteiger partial charge >= 0.3 is 0 Å². The number of allylic oxidation sites excluding steroid dienone is 1. The highest BCUT2D eigenvalue weighted by Gasteiger charge is 2.20. The van der Waals surface area contributed by atoms with Crippen molar-refractivity contribution in [1.29, 1.82) is 0 Å². The first-order chi connectivity index (χ1) is 11.4. The second kappa shape index (κ2) is 8.49. The highest BCUT2D eigenvalue weighted by molar-refractivity contribution is 8.02. The summed E-state index contributed by atoms with van der Waals surface area (Å²) in [4.78, 5) is 24.5. The molecule has 2 aromatic carbocycles. The predicted molar refractivity (Wildman–Crippen MR) is 101 cm³/mol. The monoisotopic (exact) mass is 379 g/mol. The minimum atomic E-state index is -0.447. The third kappa shape index (κ3) is 4.71. The maximum absolute atomic E-state index is 12.6. The summed E-state index contributed by atoms with van der Waals surface area (Å²) in [6.07, 6.45) is 0. The van der Waals surface area contributed by atoms with Gasteiger partial charge in [0.15, 0.2) is 11.6 Å². The molecule has 124 valence electrons. The predicted octanol–water partition coefficient (Wildman–Crippen LogP) is 5.04. The van der Waals surface area contributed by atoms with E-state index in [4.69, 9.17) is 28.9 Å². The zero-order valence-electron chi connectivity index (χ0n) is 12.8. The average Bonchev–Trinajstić information content (AvgIpc) is 2.55. The lowest BCUT2D eigenvalue weighted by molar-refractivity contribution is -0.113. The Morgan fingerprint density at radius 2 is 1.79 bits per heavy atom. The number of Topliss-reactive ketones (excluding diaryl/α,β-unsaturated/α-hetero) is 2. The molecular weight excluding hydrogens is 365 g/mol. The molecule has 0 heterocycles. The fraction of sp³-hybridized carbons (Fsp3) is 0.111. The van der Waals surface area contributed by atoms with Crippen LogP contribution in [0.2, 0.25) is 10.0 Å². The van der Waals surface area contributed by atoms with Crippen molar-refractivity contribution >= 4 is 46.5 Å². The maximum Gasteiger partial charge on any atom is 0.198 e. The highest BCUT2D eigenvalue weighted by atomic mass is 35.5. The highest BCUT2D eigenvalue weighted by Crippen LogP contribution is 2.28. The molecule has 0 saturated carbocycles. The molecule has 0 aromatic heterocycles. The molecular formula is C18H15Cl2NO2S. The number of benzene rings is 2. The van der Waals surface area contributed by atoms with Crippen LogP contribution < -0.4 is 5.73 Å². The first-order valence-electron chi connectivity index (χ1n) is 7.07. The number of halogens is 2. The second-order valence-electron chi connectivity index (χ2n) is 5.01. The molecule has 2 N–H and O–H groups in total. The molecule has 1 unspecified atom stereocenters. The molecule has 0 aliphatic rings. The van der Waals surface area contributed by atoms with Crippen LogP contribution in [0.1, 0.15) is 28.2 Å². The topological polar surface area (TPSA) is 60.2 Å². The summed E-state index contributed by atoms with van der Waals surface area (Å²) in [5.74, 6) is -0.796. The molecule has 0 aliphatic carbocycles. The molecule has 0 saturated heterocycles. The van der Waals surface area contributed by atoms with E-state index < -0.39 is 5.78 Å². The fourth-order valence-electron chi connectivity index (χ4n) is 1.98. The smallest absolute Gasteiger partial charge is 0.198 e. The Morgan fingerprint density at radius 3 is 2.38 bits per heavy atom. The molecule has 0 fully saturated rings. The van der Waals surface area contributed by atoms with Crippen LogP contribution in [0.25, 0.3) is 0 Å². The minimum Gasteiger partial charge on any atom is -0.315 e. The van der Waals surface area contributed by atoms with E-state index in [-0.39, 0.29) is 27.3 Å². The first-order valence-corrected chi connectivity index (χ1v) is 8.77. The number of carbonyl (C=O) groups excluding carboxylic acids is 2. The van der Waals surface area contributed by atoms with Crippen LogP contribution in [0, 0.1) is 0 Å². The van der Waals surface area contributed by atoms with Gasteiger partial charge in [0.25, 0.3) is 0 Å². The summed E-state index contributed by atoms with van der Waals surface area (Å²) in [5, 5.41) is 1.74. The summed E-state index contributed by atoms with van der Waals surface area (Å²) in [7, 11) is 0. The van der Waals surface area contributed by atoms with Gasteiger partial charge in [-0.2, -0.15) is 0 Å². The quantitative estimate of drug-likeness (QED) is 0.251. The zero-order valence-corrected chi connectivity index (χ0v) is 15.2. The van der Waals surface area contributed by atoms with Crippen molar-refractivity contribution in [3.05, 3.63) is 80.7 Å². The van der Waals surface area contributed by atoms with Crippen molar-refractivity contribution in [3.8, 4) is 0 Å². The lowest BCUT2D eigenvalue weighted by atomic mass is 10.0. The van der Waals surface area contributed by atoms with E-state index >= 15 is 0 Å². The first kappa shape index (κ1) is 18.7. The van der Waals surface area contributed by atoms with Gasteiger partial charge in [0.05, 0.1) is 16.0 Å². The molecule has 0 radical (unpaired) electrons. The van der Waals surface area contributed by atoms with E-state index in [1.807, 2.05) is 30.3 Å². The molecule has 24 heavy (non-hydrogen) atoms. The number of nitrogens with two attached hydrogens (primary N) is 1. The van der Waals surface area contributed by atoms with Gasteiger partial charge in [0, 0.05) is 10.6 Å². The van der Waals surface area contributed by atoms with Crippen molar-refractivity contribution < 1.29 is 9.59 Å². The Labute approximate surface area is 154 Å². The van der Waals surface area contributed by atoms with Crippen molar-refractivity contribution in [2.75, 3.05) is 0 Å². The van der Waals surface area contributed by atoms with Crippen LogP contribution >= 0.6 is 35.0 Å². The van der Waals surface area contributed by atoms with Gasteiger partial charge < -0.3 is 5.73 Å². The zero-order chi connectivity index (χ0) is 17.7. The average molecular weight is 380 g/mol. The van der Waals surface area contributed by atoms with Crippen LogP contribution in [-0.4, -0.2) is 11.6 Å². The standard InChI is InChI=1S/C18H15Cl2NO2S/c1-11(22)15(10-24-18(21)12-5-3-2-4-6-12)17(23)14-8-7-13(19)9-16(14)20/h2-10,18H,21H2,1H3. The second-order valence-corrected chi connectivity index (χ2v) is 6.87. The Balaban J connectivity index is 2.25. The molecule has 0 aliphatic heterocycles. The lowest BCUT2D eigenvalue weighted by Gasteiger charge is -2.10. The van der Waals surface area contributed by atoms with Crippen LogP contribution in [0.5, 0.6) is 0 Å². The molecule has 2 aromatic rings. The number of hydrogen-bond acceptors (Lipinski definition) is 4. The Bertz CT molecular complexity index is 791. The van der Waals surface area contributed by atoms with E-state index in [2.05, 4.69) is 0 Å². The van der Waals surface area contributed by atoms with Gasteiger partial charge in [-0.15, -0.1) is 11.8 Å². The van der Waals surface area contributed by atoms with Gasteiger partial charge in [-0.3, -0.25) is 9.59 Å². The number of rotatable bonds is 6. The number of thioether (sulfide) groups is 1. The van der Waals surface area contributed by atoms with Gasteiger partial charge in [-0.1, -0.05) is 53.5 Å². The summed E-state index contributed by atoms with van der Waals surface area (Å²) >= 11 is 13.1. The van der Waals surface area contributed by atoms with Gasteiger partial charge in [-0.05, 0) is 36.1 Å². The molecule has 1 atom stereocenters. The van der Waals surface area contributed by atoms with Gasteiger partial charge in [0.1, 0.15) is 0 Å². The Hall–Kier alpha value is -1.59. The molecule has 0 bridgehead atoms. The summed E-state index contributed by atoms with van der Waals surface area (Å²) in [5.41, 5.74) is 7.26. The normalized spacial score (nSPS) is 12.8. The number of hydrogen-bond donors (Lipinski definition) is 1. The lowest BCUT2D eigenvalue weighted by Crippen LogP contribution is -2.12. The van der Waals surface area contributed by atoms with Crippen LogP contribution in [0.4, 0.5) is 0 Å². The number of carbonyl (C=O) groups is 2. The maximum atomic E-state index is 12.6. The van der Waals surface area contributed by atoms with E-state index in [0.29, 0.717) is 5.02 Å². The Kier molecular flexibility index (Phi) is 6.63. The minimum absolute atomic E-state index is 0.0376.